The van der Waals surface area contributed by atoms with Crippen molar-refractivity contribution in [2.45, 2.75) is 92.3 Å². The second-order valence-electron chi connectivity index (χ2n) is 7.65. The van der Waals surface area contributed by atoms with Crippen molar-refractivity contribution in [2.75, 3.05) is 26.2 Å². The molecule has 0 fully saturated rings. The van der Waals surface area contributed by atoms with E-state index in [1.165, 1.54) is 51.9 Å². The molecule has 0 heterocycles. The van der Waals surface area contributed by atoms with E-state index in [2.05, 4.69) is 56.0 Å². The molecule has 132 valence electrons. The first-order chi connectivity index (χ1) is 10.4. The van der Waals surface area contributed by atoms with Crippen molar-refractivity contribution in [3.63, 3.8) is 0 Å². The molecule has 0 bridgehead atoms. The predicted molar refractivity (Wildman–Crippen MR) is 104 cm³/mol. The Morgan fingerprint density at radius 3 is 1.32 bits per heavy atom. The molecule has 0 radical (unpaired) electrons. The maximum absolute atomic E-state index is 2.67. The molecular weight excluding hydrogens is 371 g/mol. The van der Waals surface area contributed by atoms with Crippen molar-refractivity contribution in [3.05, 3.63) is 0 Å². The summed E-state index contributed by atoms with van der Waals surface area (Å²) >= 11 is -1.17. The number of rotatable bonds is 14. The van der Waals surface area contributed by atoms with Gasteiger partial charge >= 0.3 is 150 Å². The second-order valence-corrected chi connectivity index (χ2v) is 17.3. The van der Waals surface area contributed by atoms with Crippen molar-refractivity contribution < 1.29 is 0 Å². The summed E-state index contributed by atoms with van der Waals surface area (Å²) in [5.74, 6) is 0. The monoisotopic (exact) mass is 414 g/mol. The van der Waals surface area contributed by atoms with E-state index in [1.807, 2.05) is 0 Å². The molecule has 0 N–H and O–H groups in total. The molecule has 0 amide bonds. The van der Waals surface area contributed by atoms with Crippen LogP contribution in [0.5, 0.6) is 0 Å². The van der Waals surface area contributed by atoms with E-state index in [0.29, 0.717) is 0 Å². The number of hydrogen-bond donors (Lipinski definition) is 0. The molecule has 0 aromatic rings. The Balaban J connectivity index is 3.82. The van der Waals surface area contributed by atoms with Crippen LogP contribution in [-0.4, -0.2) is 69.5 Å². The molecular formula is C19H43InN2. The Labute approximate surface area is 149 Å². The molecule has 0 atom stereocenters. The fourth-order valence-corrected chi connectivity index (χ4v) is 9.11. The first kappa shape index (κ1) is 22.8. The molecule has 0 aliphatic carbocycles. The Morgan fingerprint density at radius 1 is 0.682 bits per heavy atom. The van der Waals surface area contributed by atoms with Gasteiger partial charge in [-0.25, -0.2) is 0 Å². The SMILES string of the molecule is CCCN(CC[CH2][In]([CH3])[CH2]CCN(CCC)C(C)C)C(C)C. The molecule has 0 rings (SSSR count). The third kappa shape index (κ3) is 11.3. The van der Waals surface area contributed by atoms with Gasteiger partial charge in [-0.2, -0.15) is 0 Å². The molecule has 0 aliphatic heterocycles. The van der Waals surface area contributed by atoms with E-state index < -0.39 is 21.4 Å². The number of hydrogen-bond acceptors (Lipinski definition) is 2. The predicted octanol–water partition coefficient (Wildman–Crippen LogP) is 5.13. The van der Waals surface area contributed by atoms with Gasteiger partial charge in [0.2, 0.25) is 0 Å². The van der Waals surface area contributed by atoms with E-state index in [9.17, 15) is 0 Å². The molecule has 0 saturated heterocycles. The van der Waals surface area contributed by atoms with Gasteiger partial charge < -0.3 is 0 Å². The first-order valence-corrected chi connectivity index (χ1v) is 17.9. The fourth-order valence-electron chi connectivity index (χ4n) is 3.26. The Kier molecular flexibility index (Phi) is 14.7. The van der Waals surface area contributed by atoms with Gasteiger partial charge in [0.25, 0.3) is 0 Å². The zero-order chi connectivity index (χ0) is 17.0. The molecule has 0 aromatic heterocycles. The average Bonchev–Trinajstić information content (AvgIpc) is 2.45. The van der Waals surface area contributed by atoms with Crippen LogP contribution >= 0.6 is 0 Å². The third-order valence-corrected chi connectivity index (χ3v) is 12.7. The quantitative estimate of drug-likeness (QED) is 0.389. The van der Waals surface area contributed by atoms with E-state index in [-0.39, 0.29) is 0 Å². The van der Waals surface area contributed by atoms with Crippen LogP contribution in [0.25, 0.3) is 0 Å². The van der Waals surface area contributed by atoms with Crippen molar-refractivity contribution >= 4 is 21.4 Å². The van der Waals surface area contributed by atoms with Crippen LogP contribution in [0.2, 0.25) is 13.0 Å². The maximum atomic E-state index is 2.67. The van der Waals surface area contributed by atoms with E-state index in [4.69, 9.17) is 0 Å². The van der Waals surface area contributed by atoms with Crippen molar-refractivity contribution in [1.29, 1.82) is 0 Å². The molecule has 0 saturated carbocycles. The Hall–Kier alpha value is 0.790. The van der Waals surface area contributed by atoms with Crippen LogP contribution in [-0.2, 0) is 0 Å². The average molecular weight is 414 g/mol. The van der Waals surface area contributed by atoms with E-state index in [1.54, 1.807) is 8.35 Å². The van der Waals surface area contributed by atoms with Gasteiger partial charge in [-0.3, -0.25) is 0 Å². The van der Waals surface area contributed by atoms with Crippen molar-refractivity contribution in [2.24, 2.45) is 0 Å². The zero-order valence-corrected chi connectivity index (χ0v) is 20.0. The molecule has 2 nitrogen and oxygen atoms in total. The summed E-state index contributed by atoms with van der Waals surface area (Å²) in [6.45, 7) is 19.2. The molecule has 0 unspecified atom stereocenters. The van der Waals surface area contributed by atoms with E-state index >= 15 is 0 Å². The van der Waals surface area contributed by atoms with Gasteiger partial charge in [0.05, 0.1) is 0 Å². The van der Waals surface area contributed by atoms with Crippen LogP contribution in [0.3, 0.4) is 0 Å². The molecule has 0 aliphatic rings. The minimum absolute atomic E-state index is 0.721. The summed E-state index contributed by atoms with van der Waals surface area (Å²) in [7, 11) is 0. The summed E-state index contributed by atoms with van der Waals surface area (Å²) in [6, 6.07) is 1.44. The fraction of sp³-hybridized carbons (Fsp3) is 1.00. The topological polar surface area (TPSA) is 6.48 Å². The summed E-state index contributed by atoms with van der Waals surface area (Å²) in [4.78, 5) is 5.33. The summed E-state index contributed by atoms with van der Waals surface area (Å²) in [5.41, 5.74) is 0. The molecule has 0 aromatic carbocycles. The van der Waals surface area contributed by atoms with Crippen molar-refractivity contribution in [1.82, 2.24) is 9.80 Å². The van der Waals surface area contributed by atoms with Gasteiger partial charge in [0, 0.05) is 0 Å². The minimum atomic E-state index is -1.17. The van der Waals surface area contributed by atoms with Gasteiger partial charge in [-0.05, 0) is 0 Å². The molecule has 3 heteroatoms. The number of nitrogens with zero attached hydrogens (tertiary/aromatic N) is 2. The third-order valence-electron chi connectivity index (χ3n) is 4.77. The van der Waals surface area contributed by atoms with E-state index in [0.717, 1.165) is 12.1 Å². The van der Waals surface area contributed by atoms with Crippen LogP contribution in [0.15, 0.2) is 0 Å². The van der Waals surface area contributed by atoms with Gasteiger partial charge in [-0.15, -0.1) is 0 Å². The Bertz CT molecular complexity index is 220. The van der Waals surface area contributed by atoms with Crippen LogP contribution in [0.1, 0.15) is 67.2 Å². The Morgan fingerprint density at radius 2 is 1.05 bits per heavy atom. The summed E-state index contributed by atoms with van der Waals surface area (Å²) in [6.07, 6.45) is 5.50. The molecule has 22 heavy (non-hydrogen) atoms. The van der Waals surface area contributed by atoms with Crippen molar-refractivity contribution in [3.8, 4) is 0 Å². The zero-order valence-electron chi connectivity index (χ0n) is 16.7. The van der Waals surface area contributed by atoms with Gasteiger partial charge in [0.1, 0.15) is 0 Å². The van der Waals surface area contributed by atoms with Gasteiger partial charge in [-0.1, -0.05) is 0 Å². The summed E-state index contributed by atoms with van der Waals surface area (Å²) < 4.78 is 5.86. The van der Waals surface area contributed by atoms with Crippen LogP contribution in [0, 0.1) is 0 Å². The second kappa shape index (κ2) is 14.2. The summed E-state index contributed by atoms with van der Waals surface area (Å²) in [5, 5.41) is 0. The standard InChI is InChI=1S/2C9H20N.CH3.In/c2*1-5-7-10(8-6-2)9(3)4;;/h2*9H,1,5-8H2,2-4H3;1H3;. The normalized spacial score (nSPS) is 12.1. The molecule has 0 spiro atoms. The van der Waals surface area contributed by atoms with Crippen LogP contribution in [0.4, 0.5) is 0 Å². The first-order valence-electron chi connectivity index (χ1n) is 9.90. The van der Waals surface area contributed by atoms with Crippen LogP contribution < -0.4 is 0 Å². The van der Waals surface area contributed by atoms with Gasteiger partial charge in [0.15, 0.2) is 0 Å².